The van der Waals surface area contributed by atoms with Crippen LogP contribution in [0.1, 0.15) is 32.4 Å². The molecule has 0 fully saturated rings. The quantitative estimate of drug-likeness (QED) is 0.879. The molecule has 1 aromatic rings. The van der Waals surface area contributed by atoms with Gasteiger partial charge in [-0.05, 0) is 17.5 Å². The molecule has 1 unspecified atom stereocenters. The zero-order valence-electron chi connectivity index (χ0n) is 10.4. The maximum absolute atomic E-state index is 10.0. The lowest BCUT2D eigenvalue weighted by Crippen LogP contribution is -2.30. The Kier molecular flexibility index (Phi) is 5.26. The van der Waals surface area contributed by atoms with Gasteiger partial charge in [0.15, 0.2) is 0 Å². The summed E-state index contributed by atoms with van der Waals surface area (Å²) >= 11 is 12.0. The third-order valence-electron chi connectivity index (χ3n) is 2.33. The van der Waals surface area contributed by atoms with E-state index in [1.54, 1.807) is 18.2 Å². The molecule has 2 N–H and O–H groups in total. The Morgan fingerprint density at radius 2 is 1.76 bits per heavy atom. The number of halogens is 2. The van der Waals surface area contributed by atoms with Crippen molar-refractivity contribution in [1.29, 1.82) is 0 Å². The molecule has 0 heterocycles. The summed E-state index contributed by atoms with van der Waals surface area (Å²) in [7, 11) is 0. The Bertz CT molecular complexity index is 354. The second-order valence-electron chi connectivity index (χ2n) is 5.34. The molecule has 1 aromatic carbocycles. The second kappa shape index (κ2) is 6.05. The Morgan fingerprint density at radius 3 is 2.24 bits per heavy atom. The minimum absolute atomic E-state index is 0.185. The Labute approximate surface area is 113 Å². The van der Waals surface area contributed by atoms with Crippen molar-refractivity contribution in [3.8, 4) is 0 Å². The lowest BCUT2D eigenvalue weighted by atomic mass is 9.97. The summed E-state index contributed by atoms with van der Waals surface area (Å²) in [6.45, 7) is 7.67. The van der Waals surface area contributed by atoms with Gasteiger partial charge in [-0.15, -0.1) is 0 Å². The van der Waals surface area contributed by atoms with Gasteiger partial charge in [-0.25, -0.2) is 0 Å². The Morgan fingerprint density at radius 1 is 1.24 bits per heavy atom. The average molecular weight is 276 g/mol. The summed E-state index contributed by atoms with van der Waals surface area (Å²) < 4.78 is 0. The third-order valence-corrected chi connectivity index (χ3v) is 2.99. The van der Waals surface area contributed by atoms with E-state index in [-0.39, 0.29) is 5.41 Å². The van der Waals surface area contributed by atoms with Gasteiger partial charge in [0.25, 0.3) is 0 Å². The van der Waals surface area contributed by atoms with Crippen molar-refractivity contribution in [1.82, 2.24) is 5.32 Å². The monoisotopic (exact) mass is 275 g/mol. The molecule has 2 nitrogen and oxygen atoms in total. The molecule has 0 spiro atoms. The Balaban J connectivity index is 2.61. The van der Waals surface area contributed by atoms with Crippen LogP contribution in [-0.2, 0) is 0 Å². The van der Waals surface area contributed by atoms with Crippen molar-refractivity contribution in [2.24, 2.45) is 5.41 Å². The fourth-order valence-electron chi connectivity index (χ4n) is 1.51. The first-order chi connectivity index (χ1) is 7.81. The highest BCUT2D eigenvalue weighted by Crippen LogP contribution is 2.29. The lowest BCUT2D eigenvalue weighted by Gasteiger charge is -2.21. The molecule has 0 aliphatic rings. The largest absolute Gasteiger partial charge is 0.387 e. The molecule has 0 radical (unpaired) electrons. The van der Waals surface area contributed by atoms with E-state index >= 15 is 0 Å². The van der Waals surface area contributed by atoms with Gasteiger partial charge in [0, 0.05) is 28.7 Å². The number of aliphatic hydroxyl groups excluding tert-OH is 1. The van der Waals surface area contributed by atoms with Crippen LogP contribution in [0.5, 0.6) is 0 Å². The standard InChI is InChI=1S/C13H19Cl2NO/c1-13(2,3)8-16-7-11(17)12-9(14)5-4-6-10(12)15/h4-6,11,16-17H,7-8H2,1-3H3. The van der Waals surface area contributed by atoms with E-state index in [0.717, 1.165) is 6.54 Å². The number of rotatable bonds is 4. The van der Waals surface area contributed by atoms with E-state index in [4.69, 9.17) is 23.2 Å². The number of hydrogen-bond donors (Lipinski definition) is 2. The molecule has 1 rings (SSSR count). The molecule has 0 amide bonds. The SMILES string of the molecule is CC(C)(C)CNCC(O)c1c(Cl)cccc1Cl. The normalized spacial score (nSPS) is 13.8. The predicted molar refractivity (Wildman–Crippen MR) is 73.7 cm³/mol. The van der Waals surface area contributed by atoms with E-state index in [0.29, 0.717) is 22.2 Å². The zero-order valence-corrected chi connectivity index (χ0v) is 11.9. The molecular weight excluding hydrogens is 257 g/mol. The summed E-state index contributed by atoms with van der Waals surface area (Å²) in [5.41, 5.74) is 0.779. The van der Waals surface area contributed by atoms with Crippen LogP contribution in [0, 0.1) is 5.41 Å². The van der Waals surface area contributed by atoms with Crippen LogP contribution in [-0.4, -0.2) is 18.2 Å². The molecule has 0 saturated carbocycles. The first-order valence-electron chi connectivity index (χ1n) is 5.64. The second-order valence-corrected chi connectivity index (χ2v) is 6.16. The van der Waals surface area contributed by atoms with Gasteiger partial charge < -0.3 is 10.4 Å². The zero-order chi connectivity index (χ0) is 13.1. The van der Waals surface area contributed by atoms with E-state index in [9.17, 15) is 5.11 Å². The van der Waals surface area contributed by atoms with Crippen LogP contribution in [0.3, 0.4) is 0 Å². The van der Waals surface area contributed by atoms with Crippen LogP contribution in [0.15, 0.2) is 18.2 Å². The van der Waals surface area contributed by atoms with Crippen molar-refractivity contribution < 1.29 is 5.11 Å². The molecule has 1 atom stereocenters. The van der Waals surface area contributed by atoms with Gasteiger partial charge in [0.05, 0.1) is 6.10 Å². The first kappa shape index (κ1) is 14.8. The van der Waals surface area contributed by atoms with Gasteiger partial charge in [-0.1, -0.05) is 50.0 Å². The van der Waals surface area contributed by atoms with Crippen molar-refractivity contribution in [2.45, 2.75) is 26.9 Å². The predicted octanol–water partition coefficient (Wildman–Crippen LogP) is 3.66. The molecule has 0 saturated heterocycles. The number of hydrogen-bond acceptors (Lipinski definition) is 2. The third kappa shape index (κ3) is 4.84. The van der Waals surface area contributed by atoms with Crippen LogP contribution in [0.2, 0.25) is 10.0 Å². The first-order valence-corrected chi connectivity index (χ1v) is 6.39. The van der Waals surface area contributed by atoms with Gasteiger partial charge in [0.1, 0.15) is 0 Å². The van der Waals surface area contributed by atoms with Gasteiger partial charge in [0.2, 0.25) is 0 Å². The average Bonchev–Trinajstić information content (AvgIpc) is 2.15. The molecule has 0 aromatic heterocycles. The van der Waals surface area contributed by atoms with E-state index < -0.39 is 6.10 Å². The smallest absolute Gasteiger partial charge is 0.0943 e. The van der Waals surface area contributed by atoms with Crippen molar-refractivity contribution >= 4 is 23.2 Å². The highest BCUT2D eigenvalue weighted by atomic mass is 35.5. The van der Waals surface area contributed by atoms with E-state index in [1.165, 1.54) is 0 Å². The summed E-state index contributed by atoms with van der Waals surface area (Å²) in [4.78, 5) is 0. The van der Waals surface area contributed by atoms with Gasteiger partial charge in [-0.3, -0.25) is 0 Å². The minimum atomic E-state index is -0.682. The van der Waals surface area contributed by atoms with Crippen molar-refractivity contribution in [3.63, 3.8) is 0 Å². The highest BCUT2D eigenvalue weighted by molar-refractivity contribution is 6.36. The molecular formula is C13H19Cl2NO. The summed E-state index contributed by atoms with van der Waals surface area (Å²) in [5, 5.41) is 14.3. The lowest BCUT2D eigenvalue weighted by molar-refractivity contribution is 0.170. The molecule has 0 bridgehead atoms. The number of nitrogens with one attached hydrogen (secondary N) is 1. The molecule has 0 aliphatic carbocycles. The van der Waals surface area contributed by atoms with Crippen molar-refractivity contribution in [3.05, 3.63) is 33.8 Å². The molecule has 4 heteroatoms. The van der Waals surface area contributed by atoms with Crippen LogP contribution in [0.4, 0.5) is 0 Å². The summed E-state index contributed by atoms with van der Waals surface area (Å²) in [6.07, 6.45) is -0.682. The molecule has 17 heavy (non-hydrogen) atoms. The Hall–Kier alpha value is -0.280. The molecule has 96 valence electrons. The maximum atomic E-state index is 10.0. The number of aliphatic hydroxyl groups is 1. The maximum Gasteiger partial charge on any atom is 0.0943 e. The highest BCUT2D eigenvalue weighted by Gasteiger charge is 2.16. The van der Waals surface area contributed by atoms with Crippen molar-refractivity contribution in [2.75, 3.05) is 13.1 Å². The van der Waals surface area contributed by atoms with Gasteiger partial charge >= 0.3 is 0 Å². The van der Waals surface area contributed by atoms with Crippen LogP contribution < -0.4 is 5.32 Å². The minimum Gasteiger partial charge on any atom is -0.387 e. The summed E-state index contributed by atoms with van der Waals surface area (Å²) in [5.74, 6) is 0. The fraction of sp³-hybridized carbons (Fsp3) is 0.538. The molecule has 0 aliphatic heterocycles. The van der Waals surface area contributed by atoms with Crippen LogP contribution >= 0.6 is 23.2 Å². The van der Waals surface area contributed by atoms with E-state index in [2.05, 4.69) is 26.1 Å². The fourth-order valence-corrected chi connectivity index (χ4v) is 2.16. The summed E-state index contributed by atoms with van der Waals surface area (Å²) in [6, 6.07) is 5.23. The topological polar surface area (TPSA) is 32.3 Å². The van der Waals surface area contributed by atoms with Crippen LogP contribution in [0.25, 0.3) is 0 Å². The van der Waals surface area contributed by atoms with E-state index in [1.807, 2.05) is 0 Å². The van der Waals surface area contributed by atoms with Gasteiger partial charge in [-0.2, -0.15) is 0 Å². The number of benzene rings is 1.